The first-order chi connectivity index (χ1) is 14.8. The lowest BCUT2D eigenvalue weighted by molar-refractivity contribution is 0.0761. The van der Waals surface area contributed by atoms with Gasteiger partial charge in [-0.1, -0.05) is 60.7 Å². The standard InChI is InChI=1S/C26H26N2O2/c27-18-7-19-28(20-16-22-8-3-1-4-9-22)26(29)24-12-14-25(15-13-24)30-21-17-23-10-5-2-6-11-23/h1-6,8-15H,7,16-17,19-21H2. The van der Waals surface area contributed by atoms with E-state index < -0.39 is 0 Å². The molecule has 3 rings (SSSR count). The summed E-state index contributed by atoms with van der Waals surface area (Å²) in [7, 11) is 0. The molecule has 0 N–H and O–H groups in total. The average molecular weight is 399 g/mol. The van der Waals surface area contributed by atoms with Crippen molar-refractivity contribution in [3.05, 3.63) is 102 Å². The van der Waals surface area contributed by atoms with Crippen LogP contribution in [-0.4, -0.2) is 30.5 Å². The zero-order chi connectivity index (χ0) is 21.0. The van der Waals surface area contributed by atoms with E-state index >= 15 is 0 Å². The van der Waals surface area contributed by atoms with Gasteiger partial charge in [0.05, 0.1) is 19.1 Å². The second-order valence-electron chi connectivity index (χ2n) is 7.04. The number of rotatable bonds is 10. The first-order valence-corrected chi connectivity index (χ1v) is 10.2. The molecule has 3 aromatic rings. The molecular weight excluding hydrogens is 372 g/mol. The molecule has 0 aliphatic carbocycles. The molecule has 152 valence electrons. The number of carbonyl (C=O) groups excluding carboxylic acids is 1. The van der Waals surface area contributed by atoms with Gasteiger partial charge in [-0.2, -0.15) is 5.26 Å². The number of amides is 1. The van der Waals surface area contributed by atoms with Gasteiger partial charge < -0.3 is 9.64 Å². The van der Waals surface area contributed by atoms with E-state index in [1.807, 2.05) is 48.5 Å². The average Bonchev–Trinajstić information content (AvgIpc) is 2.81. The van der Waals surface area contributed by atoms with Gasteiger partial charge >= 0.3 is 0 Å². The molecule has 0 spiro atoms. The van der Waals surface area contributed by atoms with Crippen LogP contribution in [0.3, 0.4) is 0 Å². The highest BCUT2D eigenvalue weighted by Crippen LogP contribution is 2.15. The molecule has 0 heterocycles. The van der Waals surface area contributed by atoms with Gasteiger partial charge in [0.1, 0.15) is 5.75 Å². The third-order valence-corrected chi connectivity index (χ3v) is 4.90. The van der Waals surface area contributed by atoms with Gasteiger partial charge in [0.25, 0.3) is 5.91 Å². The first kappa shape index (κ1) is 21.1. The number of ether oxygens (including phenoxy) is 1. The molecule has 0 saturated carbocycles. The van der Waals surface area contributed by atoms with E-state index in [0.717, 1.165) is 18.6 Å². The maximum atomic E-state index is 13.0. The van der Waals surface area contributed by atoms with E-state index in [9.17, 15) is 4.79 Å². The van der Waals surface area contributed by atoms with Gasteiger partial charge in [0.2, 0.25) is 0 Å². The van der Waals surface area contributed by atoms with Crippen LogP contribution in [0.15, 0.2) is 84.9 Å². The second kappa shape index (κ2) is 11.4. The predicted molar refractivity (Wildman–Crippen MR) is 118 cm³/mol. The monoisotopic (exact) mass is 398 g/mol. The van der Waals surface area contributed by atoms with Crippen molar-refractivity contribution in [3.8, 4) is 11.8 Å². The minimum absolute atomic E-state index is 0.0583. The Kier molecular flexibility index (Phi) is 8.05. The summed E-state index contributed by atoms with van der Waals surface area (Å²) in [6.45, 7) is 1.60. The highest BCUT2D eigenvalue weighted by atomic mass is 16.5. The largest absolute Gasteiger partial charge is 0.493 e. The zero-order valence-corrected chi connectivity index (χ0v) is 17.0. The van der Waals surface area contributed by atoms with E-state index in [1.165, 1.54) is 11.1 Å². The molecule has 0 aromatic heterocycles. The quantitative estimate of drug-likeness (QED) is 0.488. The molecule has 3 aromatic carbocycles. The van der Waals surface area contributed by atoms with E-state index in [1.54, 1.807) is 17.0 Å². The molecule has 1 amide bonds. The Morgan fingerprint density at radius 3 is 2.00 bits per heavy atom. The summed E-state index contributed by atoms with van der Waals surface area (Å²) < 4.78 is 5.81. The van der Waals surface area contributed by atoms with Gasteiger partial charge in [0.15, 0.2) is 0 Å². The summed E-state index contributed by atoms with van der Waals surface area (Å²) in [5.41, 5.74) is 3.02. The number of benzene rings is 3. The van der Waals surface area contributed by atoms with Crippen LogP contribution in [0, 0.1) is 11.3 Å². The Balaban J connectivity index is 1.56. The minimum atomic E-state index is -0.0583. The predicted octanol–water partition coefficient (Wildman–Crippen LogP) is 4.91. The topological polar surface area (TPSA) is 53.3 Å². The van der Waals surface area contributed by atoms with Crippen molar-refractivity contribution < 1.29 is 9.53 Å². The Morgan fingerprint density at radius 2 is 1.40 bits per heavy atom. The number of carbonyl (C=O) groups is 1. The van der Waals surface area contributed by atoms with Crippen LogP contribution in [0.5, 0.6) is 5.75 Å². The molecule has 4 heteroatoms. The number of nitriles is 1. The second-order valence-corrected chi connectivity index (χ2v) is 7.04. The smallest absolute Gasteiger partial charge is 0.253 e. The van der Waals surface area contributed by atoms with Crippen LogP contribution < -0.4 is 4.74 Å². The molecule has 0 radical (unpaired) electrons. The molecule has 0 saturated heterocycles. The van der Waals surface area contributed by atoms with Crippen molar-refractivity contribution in [3.63, 3.8) is 0 Å². The SMILES string of the molecule is N#CCCN(CCc1ccccc1)C(=O)c1ccc(OCCc2ccccc2)cc1. The molecule has 0 aliphatic heterocycles. The van der Waals surface area contributed by atoms with Crippen LogP contribution in [0.25, 0.3) is 0 Å². The van der Waals surface area contributed by atoms with Crippen LogP contribution in [0.4, 0.5) is 0 Å². The van der Waals surface area contributed by atoms with Crippen LogP contribution in [-0.2, 0) is 12.8 Å². The van der Waals surface area contributed by atoms with Crippen molar-refractivity contribution in [2.24, 2.45) is 0 Å². The number of hydrogen-bond acceptors (Lipinski definition) is 3. The lowest BCUT2D eigenvalue weighted by Crippen LogP contribution is -2.33. The molecule has 0 bridgehead atoms. The molecule has 0 atom stereocenters. The van der Waals surface area contributed by atoms with E-state index in [-0.39, 0.29) is 5.91 Å². The van der Waals surface area contributed by atoms with Gasteiger partial charge in [-0.15, -0.1) is 0 Å². The maximum absolute atomic E-state index is 13.0. The van der Waals surface area contributed by atoms with Gasteiger partial charge in [-0.25, -0.2) is 0 Å². The lowest BCUT2D eigenvalue weighted by Gasteiger charge is -2.22. The third-order valence-electron chi connectivity index (χ3n) is 4.90. The van der Waals surface area contributed by atoms with E-state index in [2.05, 4.69) is 30.3 Å². The summed E-state index contributed by atoms with van der Waals surface area (Å²) >= 11 is 0. The first-order valence-electron chi connectivity index (χ1n) is 10.2. The molecule has 30 heavy (non-hydrogen) atoms. The Labute approximate surface area is 178 Å². The van der Waals surface area contributed by atoms with E-state index in [4.69, 9.17) is 10.00 Å². The molecular formula is C26H26N2O2. The van der Waals surface area contributed by atoms with Crippen molar-refractivity contribution in [2.75, 3.05) is 19.7 Å². The van der Waals surface area contributed by atoms with Crippen LogP contribution >= 0.6 is 0 Å². The highest BCUT2D eigenvalue weighted by Gasteiger charge is 2.15. The lowest BCUT2D eigenvalue weighted by atomic mass is 10.1. The zero-order valence-electron chi connectivity index (χ0n) is 17.0. The fourth-order valence-electron chi connectivity index (χ4n) is 3.22. The Morgan fingerprint density at radius 1 is 0.800 bits per heavy atom. The minimum Gasteiger partial charge on any atom is -0.493 e. The van der Waals surface area contributed by atoms with Crippen LogP contribution in [0.1, 0.15) is 27.9 Å². The highest BCUT2D eigenvalue weighted by molar-refractivity contribution is 5.94. The van der Waals surface area contributed by atoms with Crippen molar-refractivity contribution in [1.29, 1.82) is 5.26 Å². The fraction of sp³-hybridized carbons (Fsp3) is 0.231. The van der Waals surface area contributed by atoms with Crippen molar-refractivity contribution in [2.45, 2.75) is 19.3 Å². The van der Waals surface area contributed by atoms with Crippen molar-refractivity contribution >= 4 is 5.91 Å². The molecule has 4 nitrogen and oxygen atoms in total. The van der Waals surface area contributed by atoms with Crippen molar-refractivity contribution in [1.82, 2.24) is 4.90 Å². The normalized spacial score (nSPS) is 10.2. The fourth-order valence-corrected chi connectivity index (χ4v) is 3.22. The molecule has 0 unspecified atom stereocenters. The summed E-state index contributed by atoms with van der Waals surface area (Å²) in [5, 5.41) is 8.95. The summed E-state index contributed by atoms with van der Waals surface area (Å²) in [6.07, 6.45) is 1.92. The maximum Gasteiger partial charge on any atom is 0.253 e. The van der Waals surface area contributed by atoms with Gasteiger partial charge in [-0.3, -0.25) is 4.79 Å². The van der Waals surface area contributed by atoms with Crippen LogP contribution in [0.2, 0.25) is 0 Å². The summed E-state index contributed by atoms with van der Waals surface area (Å²) in [5.74, 6) is 0.687. The summed E-state index contributed by atoms with van der Waals surface area (Å²) in [6, 6.07) is 29.6. The number of hydrogen-bond donors (Lipinski definition) is 0. The van der Waals surface area contributed by atoms with E-state index in [0.29, 0.717) is 31.7 Å². The van der Waals surface area contributed by atoms with Gasteiger partial charge in [0, 0.05) is 25.1 Å². The summed E-state index contributed by atoms with van der Waals surface area (Å²) in [4.78, 5) is 14.7. The molecule has 0 fully saturated rings. The van der Waals surface area contributed by atoms with Gasteiger partial charge in [-0.05, 0) is 41.8 Å². The Hall–Kier alpha value is -3.58. The third kappa shape index (κ3) is 6.49. The number of nitrogens with zero attached hydrogens (tertiary/aromatic N) is 2. The molecule has 0 aliphatic rings. The Bertz CT molecular complexity index is 948.